The normalized spacial score (nSPS) is 11.6. The van der Waals surface area contributed by atoms with Gasteiger partial charge in [0, 0.05) is 6.20 Å². The zero-order valence-corrected chi connectivity index (χ0v) is 12.0. The van der Waals surface area contributed by atoms with Crippen molar-refractivity contribution in [1.82, 2.24) is 14.8 Å². The number of hydrogen-bond donors (Lipinski definition) is 1. The SMILES string of the molecule is Cc1nc2cc(-n3ccc(C(C)C)n3)c(N)cc2s1. The van der Waals surface area contributed by atoms with Crippen LogP contribution < -0.4 is 5.73 Å². The molecule has 0 aliphatic carbocycles. The summed E-state index contributed by atoms with van der Waals surface area (Å²) in [7, 11) is 0. The zero-order valence-electron chi connectivity index (χ0n) is 11.2. The van der Waals surface area contributed by atoms with E-state index in [-0.39, 0.29) is 0 Å². The van der Waals surface area contributed by atoms with Crippen LogP contribution in [0.4, 0.5) is 5.69 Å². The first-order chi connectivity index (χ1) is 9.04. The van der Waals surface area contributed by atoms with Crippen LogP contribution in [-0.2, 0) is 0 Å². The van der Waals surface area contributed by atoms with Crippen LogP contribution in [0, 0.1) is 6.92 Å². The van der Waals surface area contributed by atoms with E-state index in [1.165, 1.54) is 0 Å². The highest BCUT2D eigenvalue weighted by atomic mass is 32.1. The molecule has 3 rings (SSSR count). The topological polar surface area (TPSA) is 56.7 Å². The maximum absolute atomic E-state index is 6.13. The van der Waals surface area contributed by atoms with E-state index >= 15 is 0 Å². The molecule has 0 fully saturated rings. The summed E-state index contributed by atoms with van der Waals surface area (Å²) >= 11 is 1.66. The number of rotatable bonds is 2. The maximum Gasteiger partial charge on any atom is 0.0907 e. The molecule has 2 N–H and O–H groups in total. The molecule has 0 saturated carbocycles. The van der Waals surface area contributed by atoms with Crippen molar-refractivity contribution in [2.24, 2.45) is 0 Å². The Morgan fingerprint density at radius 3 is 2.79 bits per heavy atom. The number of benzene rings is 1. The van der Waals surface area contributed by atoms with Gasteiger partial charge in [0.25, 0.3) is 0 Å². The van der Waals surface area contributed by atoms with Crippen molar-refractivity contribution in [3.63, 3.8) is 0 Å². The molecular formula is C14H16N4S. The molecule has 19 heavy (non-hydrogen) atoms. The third-order valence-electron chi connectivity index (χ3n) is 3.09. The predicted octanol–water partition coefficient (Wildman–Crippen LogP) is 3.50. The molecule has 0 aliphatic heterocycles. The second-order valence-corrected chi connectivity index (χ2v) is 6.19. The van der Waals surface area contributed by atoms with Crippen LogP contribution in [-0.4, -0.2) is 14.8 Å². The lowest BCUT2D eigenvalue weighted by atomic mass is 10.1. The second-order valence-electron chi connectivity index (χ2n) is 4.95. The first-order valence-corrected chi connectivity index (χ1v) is 7.09. The molecule has 0 aliphatic rings. The number of aromatic nitrogens is 3. The van der Waals surface area contributed by atoms with Gasteiger partial charge >= 0.3 is 0 Å². The van der Waals surface area contributed by atoms with Gasteiger partial charge < -0.3 is 5.73 Å². The van der Waals surface area contributed by atoms with Gasteiger partial charge in [-0.25, -0.2) is 9.67 Å². The maximum atomic E-state index is 6.13. The van der Waals surface area contributed by atoms with E-state index < -0.39 is 0 Å². The van der Waals surface area contributed by atoms with E-state index in [2.05, 4.69) is 23.9 Å². The molecule has 4 nitrogen and oxygen atoms in total. The van der Waals surface area contributed by atoms with Crippen molar-refractivity contribution in [3.8, 4) is 5.69 Å². The largest absolute Gasteiger partial charge is 0.397 e. The molecular weight excluding hydrogens is 256 g/mol. The first-order valence-electron chi connectivity index (χ1n) is 6.27. The molecule has 5 heteroatoms. The molecule has 1 aromatic carbocycles. The number of nitrogen functional groups attached to an aromatic ring is 1. The molecule has 2 heterocycles. The number of thiazole rings is 1. The summed E-state index contributed by atoms with van der Waals surface area (Å²) in [6, 6.07) is 6.01. The predicted molar refractivity (Wildman–Crippen MR) is 80.0 cm³/mol. The lowest BCUT2D eigenvalue weighted by Crippen LogP contribution is -2.01. The summed E-state index contributed by atoms with van der Waals surface area (Å²) in [5, 5.41) is 5.62. The Bertz CT molecular complexity index is 739. The Kier molecular flexibility index (Phi) is 2.78. The monoisotopic (exact) mass is 272 g/mol. The van der Waals surface area contributed by atoms with Gasteiger partial charge in [-0.15, -0.1) is 11.3 Å². The van der Waals surface area contributed by atoms with Gasteiger partial charge in [0.2, 0.25) is 0 Å². The molecule has 3 aromatic rings. The minimum atomic E-state index is 0.410. The fourth-order valence-corrected chi connectivity index (χ4v) is 2.93. The van der Waals surface area contributed by atoms with Crippen LogP contribution in [0.3, 0.4) is 0 Å². The van der Waals surface area contributed by atoms with Gasteiger partial charge in [-0.05, 0) is 31.0 Å². The number of nitrogens with two attached hydrogens (primary N) is 1. The molecule has 0 bridgehead atoms. The van der Waals surface area contributed by atoms with Gasteiger partial charge in [0.05, 0.1) is 32.3 Å². The van der Waals surface area contributed by atoms with Crippen molar-refractivity contribution in [1.29, 1.82) is 0 Å². The lowest BCUT2D eigenvalue weighted by molar-refractivity contribution is 0.769. The average Bonchev–Trinajstić information content (AvgIpc) is 2.92. The number of hydrogen-bond acceptors (Lipinski definition) is 4. The summed E-state index contributed by atoms with van der Waals surface area (Å²) < 4.78 is 2.95. The Labute approximate surface area is 115 Å². The fourth-order valence-electron chi connectivity index (χ4n) is 2.07. The highest BCUT2D eigenvalue weighted by Crippen LogP contribution is 2.28. The number of nitrogens with zero attached hydrogens (tertiary/aromatic N) is 3. The van der Waals surface area contributed by atoms with Crippen molar-refractivity contribution >= 4 is 27.2 Å². The Morgan fingerprint density at radius 2 is 2.11 bits per heavy atom. The van der Waals surface area contributed by atoms with Crippen LogP contribution in [0.1, 0.15) is 30.5 Å². The fraction of sp³-hybridized carbons (Fsp3) is 0.286. The van der Waals surface area contributed by atoms with Crippen LogP contribution in [0.15, 0.2) is 24.4 Å². The van der Waals surface area contributed by atoms with Crippen LogP contribution in [0.5, 0.6) is 0 Å². The van der Waals surface area contributed by atoms with E-state index in [4.69, 9.17) is 5.73 Å². The van der Waals surface area contributed by atoms with Gasteiger partial charge in [0.15, 0.2) is 0 Å². The van der Waals surface area contributed by atoms with E-state index in [1.54, 1.807) is 11.3 Å². The number of anilines is 1. The Hall–Kier alpha value is -1.88. The zero-order chi connectivity index (χ0) is 13.6. The van der Waals surface area contributed by atoms with E-state index in [0.29, 0.717) is 5.92 Å². The van der Waals surface area contributed by atoms with Crippen molar-refractivity contribution < 1.29 is 0 Å². The molecule has 98 valence electrons. The second kappa shape index (κ2) is 4.35. The van der Waals surface area contributed by atoms with Gasteiger partial charge in [-0.2, -0.15) is 5.10 Å². The lowest BCUT2D eigenvalue weighted by Gasteiger charge is -2.06. The van der Waals surface area contributed by atoms with Crippen molar-refractivity contribution in [2.75, 3.05) is 5.73 Å². The third kappa shape index (κ3) is 2.10. The minimum Gasteiger partial charge on any atom is -0.397 e. The standard InChI is InChI=1S/C14H16N4S/c1-8(2)11-4-5-18(17-11)13-7-12-14(6-10(13)15)19-9(3)16-12/h4-8H,15H2,1-3H3. The quantitative estimate of drug-likeness (QED) is 0.726. The summed E-state index contributed by atoms with van der Waals surface area (Å²) in [6.45, 7) is 6.26. The highest BCUT2D eigenvalue weighted by Gasteiger charge is 2.10. The molecule has 0 radical (unpaired) electrons. The van der Waals surface area contributed by atoms with Crippen molar-refractivity contribution in [3.05, 3.63) is 35.1 Å². The van der Waals surface area contributed by atoms with Crippen LogP contribution in [0.25, 0.3) is 15.9 Å². The Balaban J connectivity index is 2.14. The van der Waals surface area contributed by atoms with Gasteiger partial charge in [-0.1, -0.05) is 13.8 Å². The molecule has 0 saturated heterocycles. The van der Waals surface area contributed by atoms with E-state index in [0.717, 1.165) is 32.3 Å². The van der Waals surface area contributed by atoms with E-state index in [9.17, 15) is 0 Å². The Morgan fingerprint density at radius 1 is 1.32 bits per heavy atom. The minimum absolute atomic E-state index is 0.410. The smallest absolute Gasteiger partial charge is 0.0907 e. The summed E-state index contributed by atoms with van der Waals surface area (Å²) in [6.07, 6.45) is 1.95. The molecule has 0 atom stereocenters. The van der Waals surface area contributed by atoms with E-state index in [1.807, 2.05) is 36.0 Å². The van der Waals surface area contributed by atoms with Gasteiger partial charge in [-0.3, -0.25) is 0 Å². The summed E-state index contributed by atoms with van der Waals surface area (Å²) in [5.41, 5.74) is 9.80. The summed E-state index contributed by atoms with van der Waals surface area (Å²) in [4.78, 5) is 4.50. The third-order valence-corrected chi connectivity index (χ3v) is 4.03. The van der Waals surface area contributed by atoms with Gasteiger partial charge in [0.1, 0.15) is 0 Å². The van der Waals surface area contributed by atoms with Crippen LogP contribution in [0.2, 0.25) is 0 Å². The first kappa shape index (κ1) is 12.2. The molecule has 0 spiro atoms. The number of aryl methyl sites for hydroxylation is 1. The van der Waals surface area contributed by atoms with Crippen LogP contribution >= 0.6 is 11.3 Å². The molecule has 0 amide bonds. The molecule has 2 aromatic heterocycles. The summed E-state index contributed by atoms with van der Waals surface area (Å²) in [5.74, 6) is 0.410. The number of fused-ring (bicyclic) bond motifs is 1. The molecule has 0 unspecified atom stereocenters. The average molecular weight is 272 g/mol. The van der Waals surface area contributed by atoms with Crippen molar-refractivity contribution in [2.45, 2.75) is 26.7 Å². The highest BCUT2D eigenvalue weighted by molar-refractivity contribution is 7.18.